The van der Waals surface area contributed by atoms with Crippen molar-refractivity contribution in [2.24, 2.45) is 0 Å². The molecule has 8 nitrogen and oxygen atoms in total. The summed E-state index contributed by atoms with van der Waals surface area (Å²) >= 11 is -0.0576. The van der Waals surface area contributed by atoms with Crippen LogP contribution in [0.25, 0.3) is 0 Å². The molecular formula is C35H46BO8SeSi. The van der Waals surface area contributed by atoms with Gasteiger partial charge in [0.15, 0.2) is 0 Å². The first kappa shape index (κ1) is 36.2. The van der Waals surface area contributed by atoms with Gasteiger partial charge in [-0.25, -0.2) is 0 Å². The zero-order valence-electron chi connectivity index (χ0n) is 27.9. The summed E-state index contributed by atoms with van der Waals surface area (Å²) in [6, 6.07) is 24.1. The van der Waals surface area contributed by atoms with E-state index in [1.165, 1.54) is 4.46 Å². The van der Waals surface area contributed by atoms with Crippen LogP contribution in [0.5, 0.6) is 11.5 Å². The standard InChI is InChI=1S/C35H46BO8SeSi/c1-35(2)42-29(31(43-35)23-40-22-25-14-10-8-11-15-25)18-19-32(45-27-16-12-9-13-17-27)28-20-26(39-4)21-30(41-24-38-3)33(28)34(37)44-36-46(5,6)7/h8-17,20-21,29,31-32H,18-19,22-24H2,1-7H3/t29-,31?,32?/m0/s1. The van der Waals surface area contributed by atoms with Gasteiger partial charge in [-0.1, -0.05) is 0 Å². The molecule has 1 saturated heterocycles. The molecule has 0 amide bonds. The molecule has 247 valence electrons. The summed E-state index contributed by atoms with van der Waals surface area (Å²) < 4.78 is 42.7. The van der Waals surface area contributed by atoms with Crippen molar-refractivity contribution in [1.82, 2.24) is 0 Å². The van der Waals surface area contributed by atoms with E-state index in [-0.39, 0.29) is 38.8 Å². The molecule has 1 aliphatic heterocycles. The predicted molar refractivity (Wildman–Crippen MR) is 184 cm³/mol. The molecule has 4 rings (SSSR count). The van der Waals surface area contributed by atoms with Gasteiger partial charge in [-0.3, -0.25) is 0 Å². The molecular weight excluding hydrogens is 666 g/mol. The van der Waals surface area contributed by atoms with E-state index in [1.807, 2.05) is 68.4 Å². The van der Waals surface area contributed by atoms with E-state index in [2.05, 4.69) is 31.8 Å². The molecule has 1 aliphatic rings. The second kappa shape index (κ2) is 17.0. The van der Waals surface area contributed by atoms with Crippen LogP contribution in [0.3, 0.4) is 0 Å². The summed E-state index contributed by atoms with van der Waals surface area (Å²) in [5.41, 5.74) is 2.32. The summed E-state index contributed by atoms with van der Waals surface area (Å²) in [5.74, 6) is -0.222. The van der Waals surface area contributed by atoms with Crippen molar-refractivity contribution in [3.63, 3.8) is 0 Å². The van der Waals surface area contributed by atoms with Gasteiger partial charge in [0.05, 0.1) is 0 Å². The summed E-state index contributed by atoms with van der Waals surface area (Å²) in [5, 5.41) is 0. The number of benzene rings is 3. The Morgan fingerprint density at radius 1 is 0.978 bits per heavy atom. The van der Waals surface area contributed by atoms with Crippen LogP contribution < -0.4 is 13.9 Å². The van der Waals surface area contributed by atoms with Gasteiger partial charge in [0, 0.05) is 0 Å². The van der Waals surface area contributed by atoms with Crippen LogP contribution in [-0.4, -0.2) is 81.6 Å². The number of carbonyl (C=O) groups is 1. The Balaban J connectivity index is 1.64. The van der Waals surface area contributed by atoms with Crippen molar-refractivity contribution in [3.8, 4) is 11.5 Å². The SMILES string of the molecule is COCOc1cc(OC)cc(C(CC[C@@H]2OC(C)(C)OC2COCc2ccccc2)[Se]c2ccccc2)c1C(=O)O[B][Si](C)(C)C. The van der Waals surface area contributed by atoms with E-state index in [4.69, 9.17) is 33.1 Å². The third-order valence-electron chi connectivity index (χ3n) is 7.16. The monoisotopic (exact) mass is 713 g/mol. The minimum atomic E-state index is -1.80. The Labute approximate surface area is 281 Å². The Bertz CT molecular complexity index is 1390. The van der Waals surface area contributed by atoms with Crippen LogP contribution in [0, 0.1) is 0 Å². The second-order valence-electron chi connectivity index (χ2n) is 12.7. The molecule has 0 aromatic heterocycles. The van der Waals surface area contributed by atoms with E-state index in [0.717, 1.165) is 17.5 Å². The Morgan fingerprint density at radius 3 is 2.30 bits per heavy atom. The van der Waals surface area contributed by atoms with Crippen LogP contribution in [0.15, 0.2) is 72.8 Å². The van der Waals surface area contributed by atoms with Crippen molar-refractivity contribution in [2.75, 3.05) is 27.6 Å². The van der Waals surface area contributed by atoms with Crippen molar-refractivity contribution in [2.45, 2.75) is 75.7 Å². The van der Waals surface area contributed by atoms with Gasteiger partial charge in [-0.15, -0.1) is 0 Å². The van der Waals surface area contributed by atoms with E-state index >= 15 is 0 Å². The van der Waals surface area contributed by atoms with Crippen molar-refractivity contribution in [3.05, 3.63) is 89.5 Å². The fourth-order valence-electron chi connectivity index (χ4n) is 5.15. The van der Waals surface area contributed by atoms with Gasteiger partial charge in [-0.05, 0) is 0 Å². The van der Waals surface area contributed by atoms with Crippen LogP contribution in [0.1, 0.15) is 53.0 Å². The Morgan fingerprint density at radius 2 is 1.65 bits per heavy atom. The first-order chi connectivity index (χ1) is 22.0. The number of ether oxygens (including phenoxy) is 6. The van der Waals surface area contributed by atoms with Crippen molar-refractivity contribution in [1.29, 1.82) is 0 Å². The van der Waals surface area contributed by atoms with Crippen molar-refractivity contribution >= 4 is 40.4 Å². The fourth-order valence-corrected chi connectivity index (χ4v) is 8.14. The quantitative estimate of drug-likeness (QED) is 0.127. The molecule has 46 heavy (non-hydrogen) atoms. The molecule has 1 heterocycles. The number of carbonyl (C=O) groups excluding carboxylic acids is 1. The molecule has 3 aromatic rings. The summed E-state index contributed by atoms with van der Waals surface area (Å²) in [4.78, 5) is 13.8. The van der Waals surface area contributed by atoms with Crippen LogP contribution in [-0.2, 0) is 30.2 Å². The number of methoxy groups -OCH3 is 2. The molecule has 0 aliphatic carbocycles. The number of rotatable bonds is 17. The molecule has 0 saturated carbocycles. The molecule has 11 heteroatoms. The average Bonchev–Trinajstić information content (AvgIpc) is 3.33. The third-order valence-corrected chi connectivity index (χ3v) is 10.7. The summed E-state index contributed by atoms with van der Waals surface area (Å²) in [7, 11) is 3.05. The zero-order valence-corrected chi connectivity index (χ0v) is 30.7. The molecule has 1 fully saturated rings. The van der Waals surface area contributed by atoms with Crippen molar-refractivity contribution < 1.29 is 37.9 Å². The molecule has 3 aromatic carbocycles. The average molecular weight is 713 g/mol. The first-order valence-electron chi connectivity index (χ1n) is 15.6. The van der Waals surface area contributed by atoms with Gasteiger partial charge < -0.3 is 0 Å². The first-order valence-corrected chi connectivity index (χ1v) is 21.0. The summed E-state index contributed by atoms with van der Waals surface area (Å²) in [6.07, 6.45) is 1.00. The van der Waals surface area contributed by atoms with E-state index in [0.29, 0.717) is 36.7 Å². The molecule has 2 unspecified atom stereocenters. The molecule has 1 radical (unpaired) electrons. The molecule has 0 N–H and O–H groups in total. The van der Waals surface area contributed by atoms with E-state index < -0.39 is 19.7 Å². The normalized spacial score (nSPS) is 18.2. The summed E-state index contributed by atoms with van der Waals surface area (Å²) in [6.45, 7) is 11.1. The maximum absolute atomic E-state index is 13.8. The van der Waals surface area contributed by atoms with Crippen LogP contribution in [0.4, 0.5) is 0 Å². The van der Waals surface area contributed by atoms with Gasteiger partial charge >= 0.3 is 283 Å². The zero-order chi connectivity index (χ0) is 33.2. The predicted octanol–water partition coefficient (Wildman–Crippen LogP) is 5.88. The maximum atomic E-state index is 13.8. The molecule has 0 bridgehead atoms. The second-order valence-corrected chi connectivity index (χ2v) is 20.4. The van der Waals surface area contributed by atoms with Crippen LogP contribution >= 0.6 is 0 Å². The van der Waals surface area contributed by atoms with E-state index in [9.17, 15) is 4.79 Å². The Hall–Kier alpha value is -2.63. The number of hydrogen-bond donors (Lipinski definition) is 0. The fraction of sp³-hybridized carbons (Fsp3) is 0.457. The van der Waals surface area contributed by atoms with Gasteiger partial charge in [0.2, 0.25) is 0 Å². The van der Waals surface area contributed by atoms with Gasteiger partial charge in [0.25, 0.3) is 0 Å². The van der Waals surface area contributed by atoms with Gasteiger partial charge in [-0.2, -0.15) is 0 Å². The Kier molecular flexibility index (Phi) is 13.4. The number of hydrogen-bond acceptors (Lipinski definition) is 8. The molecule has 3 atom stereocenters. The van der Waals surface area contributed by atoms with E-state index in [1.54, 1.807) is 27.4 Å². The van der Waals surface area contributed by atoms with Crippen LogP contribution in [0.2, 0.25) is 19.6 Å². The van der Waals surface area contributed by atoms with Gasteiger partial charge in [0.1, 0.15) is 0 Å². The topological polar surface area (TPSA) is 81.7 Å². The molecule has 0 spiro atoms. The third kappa shape index (κ3) is 11.0. The minimum absolute atomic E-state index is 0.0217.